The Hall–Kier alpha value is -9.00. The zero-order chi connectivity index (χ0) is 52.1. The summed E-state index contributed by atoms with van der Waals surface area (Å²) in [5.74, 6) is -69.1. The van der Waals surface area contributed by atoms with Gasteiger partial charge in [0, 0.05) is 24.3 Å². The van der Waals surface area contributed by atoms with Gasteiger partial charge < -0.3 is 28.9 Å². The van der Waals surface area contributed by atoms with Gasteiger partial charge in [-0.1, -0.05) is 0 Å². The third-order valence-electron chi connectivity index (χ3n) is 9.33. The van der Waals surface area contributed by atoms with Gasteiger partial charge in [-0.3, -0.25) is 0 Å². The molecule has 7 aromatic rings. The number of ether oxygens (including phenoxy) is 4. The third kappa shape index (κ3) is 7.87. The van der Waals surface area contributed by atoms with Gasteiger partial charge in [0.1, 0.15) is 11.3 Å². The maximum Gasteiger partial charge on any atom is 0.207 e. The van der Waals surface area contributed by atoms with Gasteiger partial charge >= 0.3 is 0 Å². The highest BCUT2D eigenvalue weighted by Crippen LogP contribution is 2.39. The lowest BCUT2D eigenvalue weighted by Gasteiger charge is -2.10. The van der Waals surface area contributed by atoms with Crippen LogP contribution in [0.3, 0.4) is 0 Å². The highest BCUT2D eigenvalue weighted by molar-refractivity contribution is 5.81. The van der Waals surface area contributed by atoms with Crippen molar-refractivity contribution in [3.8, 4) is 34.5 Å². The number of hydrogen-bond acceptors (Lipinski definition) is 10. The summed E-state index contributed by atoms with van der Waals surface area (Å²) >= 11 is 0. The summed E-state index contributed by atoms with van der Waals surface area (Å²) in [7, 11) is 0. The number of fused-ring (bicyclic) bond motifs is 8. The van der Waals surface area contributed by atoms with Gasteiger partial charge in [0.15, 0.2) is 57.6 Å². The Bertz CT molecular complexity index is 3690. The second kappa shape index (κ2) is 17.4. The SMILES string of the molecule is Fc1c(F)c(F)c(OC2=Cc3nc2nc2nc(nc4cc(Oc5c(F)c(F)c(F)c(F)c5F)c(nc5cc(Oc6c(F)c(F)c(F)c(F)c6F)c(n3)[nH]5)[nH]4)C(Oc3c(F)c(F)c(F)c(F)c3F)=C2)c(F)c1F. The van der Waals surface area contributed by atoms with Crippen LogP contribution in [0.5, 0.6) is 34.5 Å². The van der Waals surface area contributed by atoms with E-state index in [-0.39, 0.29) is 0 Å². The summed E-state index contributed by atoms with van der Waals surface area (Å²) in [6.45, 7) is 0. The van der Waals surface area contributed by atoms with Crippen LogP contribution in [0.15, 0.2) is 12.1 Å². The van der Waals surface area contributed by atoms with Crippen molar-refractivity contribution < 1.29 is 107 Å². The second-order valence-corrected chi connectivity index (χ2v) is 13.8. The van der Waals surface area contributed by atoms with Crippen LogP contribution in [0, 0.1) is 116 Å². The van der Waals surface area contributed by atoms with Crippen molar-refractivity contribution in [2.75, 3.05) is 0 Å². The van der Waals surface area contributed by atoms with Crippen LogP contribution >= 0.6 is 0 Å². The predicted molar refractivity (Wildman–Crippen MR) is 194 cm³/mol. The first kappa shape index (κ1) is 48.0. The molecule has 9 rings (SSSR count). The minimum atomic E-state index is -2.67. The summed E-state index contributed by atoms with van der Waals surface area (Å²) < 4.78 is 309. The van der Waals surface area contributed by atoms with E-state index >= 15 is 0 Å². The Morgan fingerprint density at radius 3 is 0.861 bits per heavy atom. The maximum absolute atomic E-state index is 14.9. The number of nitrogens with one attached hydrogen (secondary N) is 2. The van der Waals surface area contributed by atoms with Crippen molar-refractivity contribution in [2.24, 2.45) is 0 Å². The van der Waals surface area contributed by atoms with Crippen LogP contribution < -0.4 is 18.9 Å². The molecule has 72 heavy (non-hydrogen) atoms. The van der Waals surface area contributed by atoms with Crippen LogP contribution in [0.2, 0.25) is 0 Å². The van der Waals surface area contributed by atoms with Crippen molar-refractivity contribution >= 4 is 46.3 Å². The number of aromatic amines is 2. The zero-order valence-corrected chi connectivity index (χ0v) is 33.2. The first-order valence-electron chi connectivity index (χ1n) is 18.4. The number of nitrogens with zero attached hydrogens (tertiary/aromatic N) is 6. The molecule has 32 heteroatoms. The summed E-state index contributed by atoms with van der Waals surface area (Å²) in [5.41, 5.74) is -3.73. The average Bonchev–Trinajstić information content (AvgIpc) is 4.14. The topological polar surface area (TPSA) is 146 Å². The van der Waals surface area contributed by atoms with Gasteiger partial charge in [-0.25, -0.2) is 82.6 Å². The molecule has 3 aromatic heterocycles. The summed E-state index contributed by atoms with van der Waals surface area (Å²) in [6, 6.07) is 0.958. The fourth-order valence-corrected chi connectivity index (χ4v) is 6.04. The average molecular weight is 1040 g/mol. The molecule has 0 amide bonds. The van der Waals surface area contributed by atoms with Gasteiger partial charge in [-0.05, 0) is 0 Å². The molecule has 5 heterocycles. The Morgan fingerprint density at radius 1 is 0.278 bits per heavy atom. The predicted octanol–water partition coefficient (Wildman–Crippen LogP) is 11.4. The first-order chi connectivity index (χ1) is 33.9. The van der Waals surface area contributed by atoms with Crippen molar-refractivity contribution in [3.05, 3.63) is 152 Å². The normalized spacial score (nSPS) is 12.3. The monoisotopic (exact) mass is 1040 g/mol. The summed E-state index contributed by atoms with van der Waals surface area (Å²) in [4.78, 5) is 27.4. The lowest BCUT2D eigenvalue weighted by Crippen LogP contribution is -2.07. The number of halogens is 20. The van der Waals surface area contributed by atoms with E-state index in [2.05, 4.69) is 39.9 Å². The molecule has 370 valence electrons. The van der Waals surface area contributed by atoms with Gasteiger partial charge in [0.2, 0.25) is 139 Å². The van der Waals surface area contributed by atoms with Gasteiger partial charge in [-0.15, -0.1) is 0 Å². The molecule has 12 nitrogen and oxygen atoms in total. The minimum Gasteiger partial charge on any atom is -0.447 e. The molecule has 2 N–H and O–H groups in total. The molecular weight excluding hydrogens is 1040 g/mol. The second-order valence-electron chi connectivity index (χ2n) is 13.8. The van der Waals surface area contributed by atoms with E-state index in [1.54, 1.807) is 0 Å². The van der Waals surface area contributed by atoms with Crippen molar-refractivity contribution in [1.29, 1.82) is 0 Å². The van der Waals surface area contributed by atoms with E-state index in [1.807, 2.05) is 0 Å². The van der Waals surface area contributed by atoms with E-state index in [1.165, 1.54) is 0 Å². The highest BCUT2D eigenvalue weighted by Gasteiger charge is 2.34. The van der Waals surface area contributed by atoms with Crippen LogP contribution in [0.4, 0.5) is 87.8 Å². The summed E-state index contributed by atoms with van der Waals surface area (Å²) in [6.07, 6.45) is 0.859. The van der Waals surface area contributed by atoms with Crippen LogP contribution in [-0.4, -0.2) is 39.9 Å². The van der Waals surface area contributed by atoms with Gasteiger partial charge in [0.05, 0.1) is 0 Å². The molecule has 2 aliphatic heterocycles. The van der Waals surface area contributed by atoms with Crippen molar-refractivity contribution in [1.82, 2.24) is 39.9 Å². The molecular formula is C40H6F20N8O4. The molecule has 8 bridgehead atoms. The van der Waals surface area contributed by atoms with E-state index < -0.39 is 208 Å². The third-order valence-corrected chi connectivity index (χ3v) is 9.33. The van der Waals surface area contributed by atoms with Gasteiger partial charge in [0.25, 0.3) is 0 Å². The number of benzene rings is 4. The molecule has 0 atom stereocenters. The maximum atomic E-state index is 14.9. The molecule has 0 unspecified atom stereocenters. The molecule has 4 aromatic carbocycles. The van der Waals surface area contributed by atoms with Crippen LogP contribution in [0.25, 0.3) is 46.3 Å². The standard InChI is InChI=1S/C40H6F20N8O4/c41-13-17(45)25(53)33(26(54)18(13)46)69-5-1-9-61-37(5)66-10-3-7(71-35-29(57)21(49)15(43)22(50)30(35)58)39(63-10)68-12-4-8(72-36-31(59)23(51)16(44)24(52)32(36)60)40(64-12)67-11-2-6(38(62-11)65-9)70-34-27(55)19(47)14(42)20(48)28(34)56/h1-4H,(H2,61,62,63,64,65,66,67,68). The molecule has 0 saturated heterocycles. The van der Waals surface area contributed by atoms with E-state index in [9.17, 15) is 87.8 Å². The Balaban J connectivity index is 1.34. The lowest BCUT2D eigenvalue weighted by molar-refractivity contribution is 0.333. The molecule has 0 saturated carbocycles. The fraction of sp³-hybridized carbons (Fsp3) is 0. The first-order valence-corrected chi connectivity index (χ1v) is 18.4. The summed E-state index contributed by atoms with van der Waals surface area (Å²) in [5, 5.41) is 0. The number of H-pyrrole nitrogens is 2. The Labute approximate surface area is 379 Å². The largest absolute Gasteiger partial charge is 0.447 e. The minimum absolute atomic E-state index is 0.427. The quantitative estimate of drug-likeness (QED) is 0.0857. The Morgan fingerprint density at radius 2 is 0.528 bits per heavy atom. The molecule has 2 aliphatic rings. The molecule has 0 spiro atoms. The van der Waals surface area contributed by atoms with E-state index in [0.29, 0.717) is 24.3 Å². The van der Waals surface area contributed by atoms with Crippen molar-refractivity contribution in [3.63, 3.8) is 0 Å². The molecule has 0 fully saturated rings. The Kier molecular flexibility index (Phi) is 11.6. The smallest absolute Gasteiger partial charge is 0.207 e. The van der Waals surface area contributed by atoms with Crippen molar-refractivity contribution in [2.45, 2.75) is 0 Å². The molecule has 0 aliphatic carbocycles. The van der Waals surface area contributed by atoms with Gasteiger partial charge in [-0.2, -0.15) is 35.1 Å². The van der Waals surface area contributed by atoms with Crippen LogP contribution in [-0.2, 0) is 0 Å². The fourth-order valence-electron chi connectivity index (χ4n) is 6.04. The molecule has 0 radical (unpaired) electrons. The zero-order valence-electron chi connectivity index (χ0n) is 33.2. The number of hydrogen-bond donors (Lipinski definition) is 2. The van der Waals surface area contributed by atoms with Crippen LogP contribution in [0.1, 0.15) is 23.3 Å². The lowest BCUT2D eigenvalue weighted by atomic mass is 10.2. The number of aromatic nitrogens is 8. The number of rotatable bonds is 8. The van der Waals surface area contributed by atoms with E-state index in [4.69, 9.17) is 18.9 Å². The van der Waals surface area contributed by atoms with E-state index in [0.717, 1.165) is 0 Å². The highest BCUT2D eigenvalue weighted by atomic mass is 19.2.